The summed E-state index contributed by atoms with van der Waals surface area (Å²) < 4.78 is 0. The molecule has 0 radical (unpaired) electrons. The molecule has 0 unspecified atom stereocenters. The predicted molar refractivity (Wildman–Crippen MR) is 94.2 cm³/mol. The lowest BCUT2D eigenvalue weighted by Crippen LogP contribution is -2.11. The van der Waals surface area contributed by atoms with E-state index in [4.69, 9.17) is 11.6 Å². The summed E-state index contributed by atoms with van der Waals surface area (Å²) in [6, 6.07) is 12.2. The summed E-state index contributed by atoms with van der Waals surface area (Å²) in [7, 11) is 0. The third kappa shape index (κ3) is 3.59. The third-order valence-corrected chi connectivity index (χ3v) is 4.89. The summed E-state index contributed by atoms with van der Waals surface area (Å²) in [6.07, 6.45) is 11.8. The van der Waals surface area contributed by atoms with Crippen LogP contribution in [0, 0.1) is 5.92 Å². The number of hydrogen-bond donors (Lipinski definition) is 0. The molecule has 2 aromatic rings. The smallest absolute Gasteiger partial charge is 0.0702 e. The van der Waals surface area contributed by atoms with Crippen LogP contribution in [0.5, 0.6) is 0 Å². The van der Waals surface area contributed by atoms with Crippen molar-refractivity contribution in [1.82, 2.24) is 4.98 Å². The Labute approximate surface area is 138 Å². The molecule has 0 bridgehead atoms. The van der Waals surface area contributed by atoms with Crippen molar-refractivity contribution in [2.45, 2.75) is 38.5 Å². The zero-order chi connectivity index (χ0) is 15.4. The summed E-state index contributed by atoms with van der Waals surface area (Å²) >= 11 is 5.93. The summed E-state index contributed by atoms with van der Waals surface area (Å²) in [6.45, 7) is 2.12. The van der Waals surface area contributed by atoms with Gasteiger partial charge in [-0.3, -0.25) is 4.98 Å². The Bertz CT molecular complexity index is 620. The van der Waals surface area contributed by atoms with Gasteiger partial charge in [0.2, 0.25) is 0 Å². The lowest BCUT2D eigenvalue weighted by molar-refractivity contribution is 0.375. The quantitative estimate of drug-likeness (QED) is 0.610. The third-order valence-electron chi connectivity index (χ3n) is 4.63. The Morgan fingerprint density at radius 3 is 2.32 bits per heavy atom. The first-order chi connectivity index (χ1) is 10.8. The normalized spacial score (nSPS) is 22.1. The van der Waals surface area contributed by atoms with E-state index < -0.39 is 0 Å². The second kappa shape index (κ2) is 7.11. The highest BCUT2D eigenvalue weighted by molar-refractivity contribution is 6.30. The average Bonchev–Trinajstić information content (AvgIpc) is 2.57. The van der Waals surface area contributed by atoms with E-state index in [0.717, 1.165) is 22.2 Å². The first-order valence-electron chi connectivity index (χ1n) is 8.11. The molecule has 2 heteroatoms. The van der Waals surface area contributed by atoms with Crippen molar-refractivity contribution in [3.05, 3.63) is 65.3 Å². The van der Waals surface area contributed by atoms with Crippen molar-refractivity contribution in [3.63, 3.8) is 0 Å². The number of hydrogen-bond acceptors (Lipinski definition) is 1. The molecule has 1 aliphatic rings. The van der Waals surface area contributed by atoms with Crippen molar-refractivity contribution >= 4 is 11.6 Å². The highest BCUT2D eigenvalue weighted by Crippen LogP contribution is 2.36. The van der Waals surface area contributed by atoms with Crippen molar-refractivity contribution in [2.75, 3.05) is 0 Å². The van der Waals surface area contributed by atoms with Gasteiger partial charge in [-0.2, -0.15) is 0 Å². The Morgan fingerprint density at radius 2 is 1.73 bits per heavy atom. The van der Waals surface area contributed by atoms with Crippen molar-refractivity contribution in [2.24, 2.45) is 5.92 Å². The van der Waals surface area contributed by atoms with Gasteiger partial charge in [-0.25, -0.2) is 0 Å². The predicted octanol–water partition coefficient (Wildman–Crippen LogP) is 6.25. The van der Waals surface area contributed by atoms with Gasteiger partial charge in [-0.05, 0) is 68.2 Å². The summed E-state index contributed by atoms with van der Waals surface area (Å²) in [5.74, 6) is 1.45. The van der Waals surface area contributed by atoms with Gasteiger partial charge in [0.15, 0.2) is 0 Å². The Morgan fingerprint density at radius 1 is 1.00 bits per heavy atom. The van der Waals surface area contributed by atoms with Gasteiger partial charge in [0.1, 0.15) is 0 Å². The van der Waals surface area contributed by atoms with E-state index in [9.17, 15) is 0 Å². The summed E-state index contributed by atoms with van der Waals surface area (Å²) in [5, 5.41) is 0.762. The zero-order valence-electron chi connectivity index (χ0n) is 13.0. The van der Waals surface area contributed by atoms with Crippen LogP contribution in [0.2, 0.25) is 5.02 Å². The lowest BCUT2D eigenvalue weighted by Gasteiger charge is -2.26. The van der Waals surface area contributed by atoms with E-state index in [2.05, 4.69) is 42.4 Å². The molecule has 1 aromatic carbocycles. The molecule has 1 saturated carbocycles. The van der Waals surface area contributed by atoms with E-state index in [0.29, 0.717) is 5.92 Å². The highest BCUT2D eigenvalue weighted by Gasteiger charge is 2.20. The molecule has 1 fully saturated rings. The average molecular weight is 312 g/mol. The summed E-state index contributed by atoms with van der Waals surface area (Å²) in [5.41, 5.74) is 3.52. The maximum absolute atomic E-state index is 5.93. The number of rotatable bonds is 3. The lowest BCUT2D eigenvalue weighted by atomic mass is 9.79. The maximum Gasteiger partial charge on any atom is 0.0702 e. The number of aromatic nitrogens is 1. The molecule has 22 heavy (non-hydrogen) atoms. The van der Waals surface area contributed by atoms with Gasteiger partial charge in [0.25, 0.3) is 0 Å². The Kier molecular flexibility index (Phi) is 4.94. The van der Waals surface area contributed by atoms with Gasteiger partial charge in [-0.15, -0.1) is 0 Å². The molecule has 1 aromatic heterocycles. The van der Waals surface area contributed by atoms with E-state index in [1.807, 2.05) is 24.3 Å². The van der Waals surface area contributed by atoms with Crippen LogP contribution in [0.25, 0.3) is 11.3 Å². The fourth-order valence-electron chi connectivity index (χ4n) is 3.36. The topological polar surface area (TPSA) is 12.9 Å². The van der Waals surface area contributed by atoms with Gasteiger partial charge in [0.05, 0.1) is 5.69 Å². The van der Waals surface area contributed by atoms with Crippen LogP contribution in [0.4, 0.5) is 0 Å². The number of allylic oxidation sites excluding steroid dienone is 2. The molecule has 1 aliphatic carbocycles. The first kappa shape index (κ1) is 15.3. The van der Waals surface area contributed by atoms with Gasteiger partial charge in [0, 0.05) is 16.8 Å². The molecule has 1 nitrogen and oxygen atoms in total. The fraction of sp³-hybridized carbons (Fsp3) is 0.350. The standard InChI is InChI=1S/C20H22ClN/c1-2-3-15-4-6-16(7-5-15)18-10-13-20(22-14-18)17-8-11-19(21)12-9-17/h2-3,8-16H,4-7H2,1H3. The molecule has 114 valence electrons. The zero-order valence-corrected chi connectivity index (χ0v) is 13.8. The highest BCUT2D eigenvalue weighted by atomic mass is 35.5. The Hall–Kier alpha value is -1.60. The van der Waals surface area contributed by atoms with Crippen LogP contribution in [-0.4, -0.2) is 4.98 Å². The van der Waals surface area contributed by atoms with Crippen LogP contribution in [0.3, 0.4) is 0 Å². The second-order valence-corrected chi connectivity index (χ2v) is 6.56. The molecule has 0 atom stereocenters. The molecule has 0 spiro atoms. The molecule has 1 heterocycles. The van der Waals surface area contributed by atoms with Crippen LogP contribution in [-0.2, 0) is 0 Å². The van der Waals surface area contributed by atoms with E-state index >= 15 is 0 Å². The van der Waals surface area contributed by atoms with E-state index in [1.54, 1.807) is 0 Å². The number of benzene rings is 1. The largest absolute Gasteiger partial charge is 0.256 e. The minimum absolute atomic E-state index is 0.674. The van der Waals surface area contributed by atoms with E-state index in [-0.39, 0.29) is 0 Å². The minimum atomic E-state index is 0.674. The molecular weight excluding hydrogens is 290 g/mol. The fourth-order valence-corrected chi connectivity index (χ4v) is 3.48. The van der Waals surface area contributed by atoms with Gasteiger partial charge in [-0.1, -0.05) is 42.0 Å². The molecule has 0 N–H and O–H groups in total. The van der Waals surface area contributed by atoms with Gasteiger partial charge >= 0.3 is 0 Å². The SMILES string of the molecule is CC=CC1CCC(c2ccc(-c3ccc(Cl)cc3)nc2)CC1. The molecule has 0 amide bonds. The van der Waals surface area contributed by atoms with Crippen molar-refractivity contribution in [1.29, 1.82) is 0 Å². The number of nitrogens with zero attached hydrogens (tertiary/aromatic N) is 1. The summed E-state index contributed by atoms with van der Waals surface area (Å²) in [4.78, 5) is 4.65. The van der Waals surface area contributed by atoms with E-state index in [1.165, 1.54) is 31.2 Å². The van der Waals surface area contributed by atoms with Crippen LogP contribution < -0.4 is 0 Å². The van der Waals surface area contributed by atoms with Crippen molar-refractivity contribution in [3.8, 4) is 11.3 Å². The second-order valence-electron chi connectivity index (χ2n) is 6.12. The monoisotopic (exact) mass is 311 g/mol. The number of pyridine rings is 1. The first-order valence-corrected chi connectivity index (χ1v) is 8.49. The Balaban J connectivity index is 1.68. The molecular formula is C20H22ClN. The van der Waals surface area contributed by atoms with Crippen LogP contribution in [0.1, 0.15) is 44.1 Å². The maximum atomic E-state index is 5.93. The van der Waals surface area contributed by atoms with Crippen LogP contribution >= 0.6 is 11.6 Å². The molecule has 3 rings (SSSR count). The van der Waals surface area contributed by atoms with Gasteiger partial charge < -0.3 is 0 Å². The number of halogens is 1. The van der Waals surface area contributed by atoms with Crippen molar-refractivity contribution < 1.29 is 0 Å². The van der Waals surface area contributed by atoms with Crippen LogP contribution in [0.15, 0.2) is 54.7 Å². The molecule has 0 aliphatic heterocycles. The molecule has 0 saturated heterocycles. The minimum Gasteiger partial charge on any atom is -0.256 e.